The smallest absolute Gasteiger partial charge is 0.343 e. The van der Waals surface area contributed by atoms with E-state index < -0.39 is 10.0 Å². The van der Waals surface area contributed by atoms with Crippen LogP contribution < -0.4 is 16.5 Å². The van der Waals surface area contributed by atoms with E-state index in [9.17, 15) is 10.1 Å². The van der Waals surface area contributed by atoms with E-state index in [0.29, 0.717) is 5.69 Å². The molecule has 0 atom stereocenters. The van der Waals surface area contributed by atoms with E-state index in [-0.39, 0.29) is 11.6 Å². The molecule has 1 aromatic rings. The first kappa shape index (κ1) is 14.1. The van der Waals surface area contributed by atoms with Gasteiger partial charge in [0.25, 0.3) is 5.69 Å². The van der Waals surface area contributed by atoms with Gasteiger partial charge in [0, 0.05) is 6.07 Å². The summed E-state index contributed by atoms with van der Waals surface area (Å²) in [5.41, 5.74) is 10.8. The number of non-ortho nitro benzene ring substituents is 1. The summed E-state index contributed by atoms with van der Waals surface area (Å²) in [4.78, 5) is 20.7. The van der Waals surface area contributed by atoms with Crippen LogP contribution in [0.5, 0.6) is 0 Å². The molecule has 1 aromatic carbocycles. The van der Waals surface area contributed by atoms with Crippen LogP contribution >= 0.6 is 0 Å². The highest BCUT2D eigenvalue weighted by Crippen LogP contribution is 2.12. The van der Waals surface area contributed by atoms with Gasteiger partial charge in [-0.3, -0.25) is 21.6 Å². The number of guanidine groups is 1. The fourth-order valence-electron chi connectivity index (χ4n) is 0.864. The summed E-state index contributed by atoms with van der Waals surface area (Å²) >= 11 is 0. The Morgan fingerprint density at radius 3 is 2.12 bits per heavy atom. The van der Waals surface area contributed by atoms with Gasteiger partial charge in [-0.1, -0.05) is 6.07 Å². The number of nitro groups is 1. The number of nitrogens with zero attached hydrogens (tertiary/aromatic N) is 2. The molecule has 0 amide bonds. The molecular formula is C7H9N5O5. The second kappa shape index (κ2) is 6.55. The third-order valence-electron chi connectivity index (χ3n) is 1.35. The Morgan fingerprint density at radius 2 is 1.71 bits per heavy atom. The Hall–Kier alpha value is -2.91. The van der Waals surface area contributed by atoms with Gasteiger partial charge in [-0.05, 0) is 6.07 Å². The van der Waals surface area contributed by atoms with Gasteiger partial charge in [0.1, 0.15) is 5.69 Å². The van der Waals surface area contributed by atoms with Gasteiger partial charge in [-0.25, -0.2) is 4.99 Å². The van der Waals surface area contributed by atoms with E-state index in [1.807, 2.05) is 0 Å². The molecule has 0 radical (unpaired) electrons. The number of nitrogens with two attached hydrogens (primary N) is 2. The van der Waals surface area contributed by atoms with Crippen molar-refractivity contribution >= 4 is 17.3 Å². The van der Waals surface area contributed by atoms with Crippen molar-refractivity contribution in [3.63, 3.8) is 0 Å². The van der Waals surface area contributed by atoms with E-state index in [4.69, 9.17) is 26.8 Å². The molecule has 0 aliphatic heterocycles. The van der Waals surface area contributed by atoms with Crippen LogP contribution in [-0.4, -0.2) is 16.0 Å². The van der Waals surface area contributed by atoms with Crippen molar-refractivity contribution in [3.8, 4) is 0 Å². The van der Waals surface area contributed by atoms with Crippen LogP contribution in [0.2, 0.25) is 0 Å². The summed E-state index contributed by atoms with van der Waals surface area (Å²) in [6.45, 7) is 0. The molecule has 0 spiro atoms. The number of benzene rings is 1. The number of nitrogens with one attached hydrogen (secondary N) is 1. The zero-order valence-corrected chi connectivity index (χ0v) is 8.40. The van der Waals surface area contributed by atoms with Gasteiger partial charge < -0.3 is 15.3 Å². The Balaban J connectivity index is 0.000000557. The second-order valence-electron chi connectivity index (χ2n) is 2.61. The summed E-state index contributed by atoms with van der Waals surface area (Å²) in [5.74, 6) is 0.000461. The zero-order chi connectivity index (χ0) is 13.4. The normalized spacial score (nSPS) is 8.47. The molecule has 5 N–H and O–H groups in total. The zero-order valence-electron chi connectivity index (χ0n) is 8.40. The van der Waals surface area contributed by atoms with E-state index in [1.165, 1.54) is 12.1 Å². The van der Waals surface area contributed by atoms with Crippen molar-refractivity contribution in [3.05, 3.63) is 49.7 Å². The Morgan fingerprint density at radius 1 is 1.18 bits per heavy atom. The molecule has 17 heavy (non-hydrogen) atoms. The van der Waals surface area contributed by atoms with Gasteiger partial charge in [0.2, 0.25) is 0 Å². The highest BCUT2D eigenvalue weighted by Gasteiger charge is 2.05. The van der Waals surface area contributed by atoms with Crippen LogP contribution in [0.4, 0.5) is 11.4 Å². The molecular weight excluding hydrogens is 234 g/mol. The molecule has 0 bridgehead atoms. The van der Waals surface area contributed by atoms with Crippen molar-refractivity contribution in [2.24, 2.45) is 11.5 Å². The lowest BCUT2D eigenvalue weighted by Gasteiger charge is -1.92. The number of hydrogen-bond acceptors (Lipinski definition) is 5. The molecule has 10 heteroatoms. The van der Waals surface area contributed by atoms with Crippen molar-refractivity contribution < 1.29 is 15.0 Å². The quantitative estimate of drug-likeness (QED) is 0.241. The minimum absolute atomic E-state index is 0.000461. The summed E-state index contributed by atoms with van der Waals surface area (Å²) in [5, 5.41) is 25.1. The molecule has 0 aromatic heterocycles. The Kier molecular flexibility index (Phi) is 5.43. The maximum Gasteiger partial charge on any atom is 0.343 e. The van der Waals surface area contributed by atoms with Gasteiger partial charge in [-0.2, -0.15) is 0 Å². The van der Waals surface area contributed by atoms with E-state index in [0.717, 1.165) is 0 Å². The third-order valence-corrected chi connectivity index (χ3v) is 1.35. The largest absolute Gasteiger partial charge is 0.356 e. The first-order valence-electron chi connectivity index (χ1n) is 4.04. The van der Waals surface area contributed by atoms with Gasteiger partial charge >= 0.3 is 5.96 Å². The fraction of sp³-hybridized carbons (Fsp3) is 0. The lowest BCUT2D eigenvalue weighted by atomic mass is 10.3. The van der Waals surface area contributed by atoms with Crippen LogP contribution in [0.15, 0.2) is 24.3 Å². The van der Waals surface area contributed by atoms with Crippen molar-refractivity contribution in [1.29, 1.82) is 0 Å². The maximum atomic E-state index is 10.3. The molecule has 0 saturated carbocycles. The highest BCUT2D eigenvalue weighted by atomic mass is 16.9. The topological polar surface area (TPSA) is 175 Å². The van der Waals surface area contributed by atoms with E-state index in [2.05, 4.69) is 4.99 Å². The fourth-order valence-corrected chi connectivity index (χ4v) is 0.864. The Bertz CT molecular complexity index is 438. The average Bonchev–Trinajstić information content (AvgIpc) is 2.16. The third kappa shape index (κ3) is 7.07. The number of hydrogen-bond donors (Lipinski definition) is 3. The molecule has 92 valence electrons. The molecule has 1 rings (SSSR count). The van der Waals surface area contributed by atoms with E-state index in [1.54, 1.807) is 12.1 Å². The lowest BCUT2D eigenvalue weighted by molar-refractivity contribution is -0.402. The molecule has 0 heterocycles. The van der Waals surface area contributed by atoms with Crippen LogP contribution in [0, 0.1) is 25.4 Å². The summed E-state index contributed by atoms with van der Waals surface area (Å²) in [7, 11) is 0. The predicted molar refractivity (Wildman–Crippen MR) is 57.5 cm³/mol. The predicted octanol–water partition coefficient (Wildman–Crippen LogP) is -1.66. The molecule has 0 aliphatic carbocycles. The first-order chi connectivity index (χ1) is 7.82. The molecule has 0 fully saturated rings. The monoisotopic (exact) mass is 243 g/mol. The van der Waals surface area contributed by atoms with Crippen LogP contribution in [0.25, 0.3) is 0 Å². The number of nitro benzene ring substituents is 1. The summed E-state index contributed by atoms with van der Waals surface area (Å²) in [6.07, 6.45) is 0. The molecule has 0 unspecified atom stereocenters. The Labute approximate surface area is 94.4 Å². The van der Waals surface area contributed by atoms with Crippen molar-refractivity contribution in [2.75, 3.05) is 0 Å². The van der Waals surface area contributed by atoms with Gasteiger partial charge in [0.05, 0.1) is 16.1 Å². The lowest BCUT2D eigenvalue weighted by Crippen LogP contribution is -2.72. The van der Waals surface area contributed by atoms with Crippen molar-refractivity contribution in [1.82, 2.24) is 0 Å². The van der Waals surface area contributed by atoms with E-state index >= 15 is 0 Å². The number of rotatable bonds is 2. The summed E-state index contributed by atoms with van der Waals surface area (Å²) < 4.78 is 0. The van der Waals surface area contributed by atoms with Gasteiger partial charge in [-0.15, -0.1) is 0 Å². The minimum atomic E-state index is -1.75. The maximum absolute atomic E-state index is 10.3. The van der Waals surface area contributed by atoms with Crippen molar-refractivity contribution in [2.45, 2.75) is 0 Å². The first-order valence-corrected chi connectivity index (χ1v) is 4.04. The SMILES string of the molecule is NC(N)=[NH+]c1cccc([N+](=O)[O-])c1.O=[N+]([O-])[O-]. The molecule has 10 nitrogen and oxygen atoms in total. The van der Waals surface area contributed by atoms with Crippen LogP contribution in [0.3, 0.4) is 0 Å². The minimum Gasteiger partial charge on any atom is -0.356 e. The highest BCUT2D eigenvalue weighted by molar-refractivity contribution is 5.70. The van der Waals surface area contributed by atoms with Crippen LogP contribution in [-0.2, 0) is 0 Å². The second-order valence-corrected chi connectivity index (χ2v) is 2.61. The average molecular weight is 243 g/mol. The summed E-state index contributed by atoms with van der Waals surface area (Å²) in [6, 6.07) is 5.91. The van der Waals surface area contributed by atoms with Gasteiger partial charge in [0.15, 0.2) is 0 Å². The molecule has 0 aliphatic rings. The molecule has 0 saturated heterocycles. The van der Waals surface area contributed by atoms with Crippen LogP contribution in [0.1, 0.15) is 0 Å². The standard InChI is InChI=1S/C7H8N4O2.NO3/c8-7(9)10-5-2-1-3-6(4-5)11(12)13;2-1(3)4/h1-4H,(H4,8,9,10);/q;-1/p+1.